The summed E-state index contributed by atoms with van der Waals surface area (Å²) in [6.07, 6.45) is -3.43. The summed E-state index contributed by atoms with van der Waals surface area (Å²) in [5.74, 6) is 0. The third kappa shape index (κ3) is 5.14. The Kier molecular flexibility index (Phi) is 5.44. The quantitative estimate of drug-likeness (QED) is 0.563. The van der Waals surface area contributed by atoms with Crippen LogP contribution in [-0.2, 0) is 12.6 Å². The zero-order valence-electron chi connectivity index (χ0n) is 12.4. The molecule has 0 saturated carbocycles. The highest BCUT2D eigenvalue weighted by Gasteiger charge is 2.30. The van der Waals surface area contributed by atoms with Crippen LogP contribution in [-0.4, -0.2) is 5.11 Å². The second-order valence-electron chi connectivity index (χ2n) is 4.83. The smallest absolute Gasteiger partial charge is 0.331 e. The van der Waals surface area contributed by atoms with Gasteiger partial charge < -0.3 is 5.32 Å². The van der Waals surface area contributed by atoms with E-state index in [1.165, 1.54) is 17.7 Å². The third-order valence-corrected chi connectivity index (χ3v) is 3.33. The number of anilines is 2. The molecule has 122 valence electrons. The van der Waals surface area contributed by atoms with Gasteiger partial charge in [0.2, 0.25) is 0 Å². The molecule has 3 nitrogen and oxygen atoms in total. The molecule has 23 heavy (non-hydrogen) atoms. The number of aryl methyl sites for hydroxylation is 1. The van der Waals surface area contributed by atoms with Crippen molar-refractivity contribution >= 4 is 28.7 Å². The van der Waals surface area contributed by atoms with Crippen molar-refractivity contribution in [3.63, 3.8) is 0 Å². The number of alkyl halides is 3. The first-order valence-electron chi connectivity index (χ1n) is 6.97. The molecule has 0 fully saturated rings. The molecule has 0 bridgehead atoms. The molecule has 0 atom stereocenters. The van der Waals surface area contributed by atoms with Crippen LogP contribution in [0.4, 0.5) is 24.5 Å². The Balaban J connectivity index is 1.91. The van der Waals surface area contributed by atoms with E-state index in [0.717, 1.165) is 24.2 Å². The lowest BCUT2D eigenvalue weighted by atomic mass is 10.1. The van der Waals surface area contributed by atoms with E-state index in [4.69, 9.17) is 12.2 Å². The SMILES string of the molecule is CCc1ccc(NC(=S)NNc2cccc(C(F)(F)F)c2)cc1. The molecule has 0 aromatic heterocycles. The molecule has 0 spiro atoms. The Hall–Kier alpha value is -2.28. The summed E-state index contributed by atoms with van der Waals surface area (Å²) in [7, 11) is 0. The number of nitrogens with one attached hydrogen (secondary N) is 3. The second kappa shape index (κ2) is 7.32. The van der Waals surface area contributed by atoms with E-state index >= 15 is 0 Å². The van der Waals surface area contributed by atoms with Gasteiger partial charge in [0.05, 0.1) is 11.3 Å². The molecule has 2 rings (SSSR count). The Morgan fingerprint density at radius 1 is 1.04 bits per heavy atom. The lowest BCUT2D eigenvalue weighted by molar-refractivity contribution is -0.137. The molecular formula is C16H16F3N3S. The van der Waals surface area contributed by atoms with Gasteiger partial charge in [-0.15, -0.1) is 0 Å². The lowest BCUT2D eigenvalue weighted by Crippen LogP contribution is -2.33. The van der Waals surface area contributed by atoms with Crippen molar-refractivity contribution in [3.05, 3.63) is 59.7 Å². The fourth-order valence-corrected chi connectivity index (χ4v) is 2.06. The van der Waals surface area contributed by atoms with Crippen molar-refractivity contribution in [3.8, 4) is 0 Å². The van der Waals surface area contributed by atoms with Gasteiger partial charge in [-0.3, -0.25) is 10.9 Å². The molecule has 0 aliphatic carbocycles. The first-order valence-corrected chi connectivity index (χ1v) is 7.38. The number of benzene rings is 2. The predicted molar refractivity (Wildman–Crippen MR) is 90.2 cm³/mol. The number of thiocarbonyl (C=S) groups is 1. The Morgan fingerprint density at radius 2 is 1.74 bits per heavy atom. The van der Waals surface area contributed by atoms with Crippen LogP contribution >= 0.6 is 12.2 Å². The molecular weight excluding hydrogens is 323 g/mol. The van der Waals surface area contributed by atoms with E-state index in [9.17, 15) is 13.2 Å². The van der Waals surface area contributed by atoms with Crippen LogP contribution < -0.4 is 16.2 Å². The van der Waals surface area contributed by atoms with Crippen molar-refractivity contribution in [2.45, 2.75) is 19.5 Å². The van der Waals surface area contributed by atoms with Gasteiger partial charge in [-0.2, -0.15) is 13.2 Å². The van der Waals surface area contributed by atoms with Gasteiger partial charge in [-0.25, -0.2) is 0 Å². The molecule has 0 unspecified atom stereocenters. The standard InChI is InChI=1S/C16H16F3N3S/c1-2-11-6-8-13(9-7-11)20-15(23)22-21-14-5-3-4-12(10-14)16(17,18)19/h3-10,21H,2H2,1H3,(H2,20,22,23). The lowest BCUT2D eigenvalue weighted by Gasteiger charge is -2.14. The molecule has 0 heterocycles. The van der Waals surface area contributed by atoms with Crippen LogP contribution in [0.15, 0.2) is 48.5 Å². The molecule has 0 amide bonds. The molecule has 2 aromatic carbocycles. The summed E-state index contributed by atoms with van der Waals surface area (Å²) in [6.45, 7) is 2.06. The number of hydrazine groups is 1. The maximum absolute atomic E-state index is 12.6. The zero-order valence-corrected chi connectivity index (χ0v) is 13.2. The van der Waals surface area contributed by atoms with E-state index < -0.39 is 11.7 Å². The fraction of sp³-hybridized carbons (Fsp3) is 0.188. The van der Waals surface area contributed by atoms with Crippen LogP contribution in [0.3, 0.4) is 0 Å². The summed E-state index contributed by atoms with van der Waals surface area (Å²) in [6, 6.07) is 12.6. The van der Waals surface area contributed by atoms with Gasteiger partial charge >= 0.3 is 6.18 Å². The highest BCUT2D eigenvalue weighted by atomic mass is 32.1. The van der Waals surface area contributed by atoms with Crippen molar-refractivity contribution in [2.75, 3.05) is 10.7 Å². The van der Waals surface area contributed by atoms with E-state index in [-0.39, 0.29) is 10.8 Å². The van der Waals surface area contributed by atoms with Crippen LogP contribution in [0.1, 0.15) is 18.1 Å². The second-order valence-corrected chi connectivity index (χ2v) is 5.24. The minimum Gasteiger partial charge on any atom is -0.331 e. The van der Waals surface area contributed by atoms with Gasteiger partial charge in [0.25, 0.3) is 0 Å². The zero-order chi connectivity index (χ0) is 16.9. The van der Waals surface area contributed by atoms with Crippen molar-refractivity contribution in [1.82, 2.24) is 5.43 Å². The molecule has 3 N–H and O–H groups in total. The summed E-state index contributed by atoms with van der Waals surface area (Å²) in [4.78, 5) is 0. The minimum atomic E-state index is -4.38. The largest absolute Gasteiger partial charge is 0.416 e. The Bertz CT molecular complexity index is 669. The summed E-state index contributed by atoms with van der Waals surface area (Å²) in [5.41, 5.74) is 6.85. The minimum absolute atomic E-state index is 0.256. The fourth-order valence-electron chi connectivity index (χ4n) is 1.89. The average Bonchev–Trinajstić information content (AvgIpc) is 2.53. The normalized spacial score (nSPS) is 11.0. The maximum atomic E-state index is 12.6. The molecule has 0 aliphatic rings. The van der Waals surface area contributed by atoms with E-state index in [0.29, 0.717) is 0 Å². The van der Waals surface area contributed by atoms with Gasteiger partial charge in [0, 0.05) is 5.69 Å². The van der Waals surface area contributed by atoms with Crippen molar-refractivity contribution in [2.24, 2.45) is 0 Å². The van der Waals surface area contributed by atoms with Gasteiger partial charge in [-0.05, 0) is 54.5 Å². The van der Waals surface area contributed by atoms with Crippen LogP contribution in [0.25, 0.3) is 0 Å². The molecule has 0 saturated heterocycles. The molecule has 0 aliphatic heterocycles. The molecule has 0 radical (unpaired) electrons. The number of halogens is 3. The number of rotatable bonds is 4. The van der Waals surface area contributed by atoms with Gasteiger partial charge in [0.15, 0.2) is 5.11 Å². The van der Waals surface area contributed by atoms with Gasteiger partial charge in [0.1, 0.15) is 0 Å². The Labute approximate surface area is 137 Å². The highest BCUT2D eigenvalue weighted by molar-refractivity contribution is 7.80. The van der Waals surface area contributed by atoms with Crippen LogP contribution in [0, 0.1) is 0 Å². The first-order chi connectivity index (χ1) is 10.9. The Morgan fingerprint density at radius 3 is 2.35 bits per heavy atom. The average molecular weight is 339 g/mol. The van der Waals surface area contributed by atoms with Crippen molar-refractivity contribution in [1.29, 1.82) is 0 Å². The monoisotopic (exact) mass is 339 g/mol. The molecule has 2 aromatic rings. The number of hydrogen-bond donors (Lipinski definition) is 3. The van der Waals surface area contributed by atoms with Crippen molar-refractivity contribution < 1.29 is 13.2 Å². The molecule has 7 heteroatoms. The predicted octanol–water partition coefficient (Wildman–Crippen LogP) is 4.58. The third-order valence-electron chi connectivity index (χ3n) is 3.13. The van der Waals surface area contributed by atoms with E-state index in [2.05, 4.69) is 23.1 Å². The van der Waals surface area contributed by atoms with Crippen LogP contribution in [0.2, 0.25) is 0 Å². The van der Waals surface area contributed by atoms with E-state index in [1.54, 1.807) is 0 Å². The maximum Gasteiger partial charge on any atom is 0.416 e. The van der Waals surface area contributed by atoms with Gasteiger partial charge in [-0.1, -0.05) is 25.1 Å². The number of hydrogen-bond acceptors (Lipinski definition) is 2. The van der Waals surface area contributed by atoms with Crippen LogP contribution in [0.5, 0.6) is 0 Å². The summed E-state index contributed by atoms with van der Waals surface area (Å²) in [5, 5.41) is 3.20. The highest BCUT2D eigenvalue weighted by Crippen LogP contribution is 2.30. The topological polar surface area (TPSA) is 36.1 Å². The summed E-state index contributed by atoms with van der Waals surface area (Å²) >= 11 is 5.10. The summed E-state index contributed by atoms with van der Waals surface area (Å²) < 4.78 is 37.9. The van der Waals surface area contributed by atoms with E-state index in [1.807, 2.05) is 24.3 Å². The first kappa shape index (κ1) is 17.1.